The van der Waals surface area contributed by atoms with Gasteiger partial charge in [0.2, 0.25) is 6.41 Å². The van der Waals surface area contributed by atoms with Crippen LogP contribution in [0.25, 0.3) is 0 Å². The van der Waals surface area contributed by atoms with Gasteiger partial charge in [-0.1, -0.05) is 0 Å². The smallest absolute Gasteiger partial charge is 0.313 e. The van der Waals surface area contributed by atoms with Crippen molar-refractivity contribution in [3.63, 3.8) is 0 Å². The predicted molar refractivity (Wildman–Crippen MR) is 74.2 cm³/mol. The van der Waals surface area contributed by atoms with Crippen molar-refractivity contribution in [1.29, 1.82) is 0 Å². The number of carbonyl (C=O) groups excluding carboxylic acids is 2. The van der Waals surface area contributed by atoms with Crippen LogP contribution in [0.1, 0.15) is 42.7 Å². The summed E-state index contributed by atoms with van der Waals surface area (Å²) in [5.74, 6) is -1.70. The fourth-order valence-corrected chi connectivity index (χ4v) is 2.73. The largest absolute Gasteiger partial charge is 0.486 e. The summed E-state index contributed by atoms with van der Waals surface area (Å²) in [5.41, 5.74) is -0.0440. The van der Waals surface area contributed by atoms with Crippen molar-refractivity contribution in [3.8, 4) is 5.75 Å². The highest BCUT2D eigenvalue weighted by molar-refractivity contribution is 5.94. The van der Waals surface area contributed by atoms with Gasteiger partial charge in [-0.05, 0) is 39.0 Å². The molecule has 0 fully saturated rings. The second-order valence-electron chi connectivity index (χ2n) is 5.59. The molecule has 0 bridgehead atoms. The van der Waals surface area contributed by atoms with Crippen LogP contribution in [0.2, 0.25) is 0 Å². The Balaban J connectivity index is 2.61. The van der Waals surface area contributed by atoms with Gasteiger partial charge in [0.1, 0.15) is 17.3 Å². The van der Waals surface area contributed by atoms with Crippen LogP contribution < -0.4 is 10.1 Å². The van der Waals surface area contributed by atoms with E-state index in [9.17, 15) is 19.5 Å². The zero-order chi connectivity index (χ0) is 15.8. The van der Waals surface area contributed by atoms with E-state index >= 15 is 0 Å². The average molecular weight is 291 g/mol. The molecule has 0 radical (unpaired) electrons. The summed E-state index contributed by atoms with van der Waals surface area (Å²) in [7, 11) is 0. The third kappa shape index (κ3) is 2.61. The number of rotatable bonds is 4. The van der Waals surface area contributed by atoms with Crippen molar-refractivity contribution in [2.24, 2.45) is 5.92 Å². The zero-order valence-electron chi connectivity index (χ0n) is 12.0. The Morgan fingerprint density at radius 1 is 1.38 bits per heavy atom. The number of ketones is 1. The van der Waals surface area contributed by atoms with E-state index < -0.39 is 23.5 Å². The van der Waals surface area contributed by atoms with E-state index in [0.717, 1.165) is 0 Å². The molecule has 2 rings (SSSR count). The number of carboxylic acid groups (broad SMARTS) is 1. The number of fused-ring (bicyclic) bond motifs is 1. The molecule has 2 atom stereocenters. The number of Topliss-reactive ketones (excluding diaryl/α,β-unsaturated/α-hetero) is 1. The lowest BCUT2D eigenvalue weighted by Gasteiger charge is -2.42. The van der Waals surface area contributed by atoms with Crippen molar-refractivity contribution in [1.82, 2.24) is 5.32 Å². The van der Waals surface area contributed by atoms with Crippen LogP contribution in [0.4, 0.5) is 0 Å². The van der Waals surface area contributed by atoms with Crippen molar-refractivity contribution in [2.75, 3.05) is 0 Å². The molecule has 1 heterocycles. The second kappa shape index (κ2) is 5.20. The first-order valence-corrected chi connectivity index (χ1v) is 6.54. The topological polar surface area (TPSA) is 92.7 Å². The number of hydrogen-bond acceptors (Lipinski definition) is 4. The number of carboxylic acids is 1. The fourth-order valence-electron chi connectivity index (χ4n) is 2.73. The molecule has 112 valence electrons. The molecule has 2 unspecified atom stereocenters. The monoisotopic (exact) mass is 291 g/mol. The normalized spacial score (nSPS) is 22.6. The van der Waals surface area contributed by atoms with Gasteiger partial charge in [-0.15, -0.1) is 0 Å². The Bertz CT molecular complexity index is 608. The third-order valence-electron chi connectivity index (χ3n) is 3.72. The Kier molecular flexibility index (Phi) is 3.72. The molecule has 0 saturated carbocycles. The molecule has 1 aliphatic heterocycles. The Hall–Kier alpha value is -2.37. The van der Waals surface area contributed by atoms with Crippen LogP contribution >= 0.6 is 0 Å². The molecule has 1 aliphatic rings. The standard InChI is InChI=1S/C15H17NO5/c1-8(18)9-4-5-11-10(6-9)13(16-7-17)12(14(19)20)15(2,3)21-11/h4-7,12-13H,1-3H3,(H,16,17)(H,19,20). The van der Waals surface area contributed by atoms with E-state index in [2.05, 4.69) is 5.32 Å². The molecule has 1 aromatic rings. The summed E-state index contributed by atoms with van der Waals surface area (Å²) >= 11 is 0. The van der Waals surface area contributed by atoms with Crippen LogP contribution in [-0.2, 0) is 9.59 Å². The van der Waals surface area contributed by atoms with Gasteiger partial charge >= 0.3 is 5.97 Å². The molecule has 0 spiro atoms. The van der Waals surface area contributed by atoms with Crippen molar-refractivity contribution in [3.05, 3.63) is 29.3 Å². The molecule has 1 amide bonds. The number of aliphatic carboxylic acids is 1. The molecule has 2 N–H and O–H groups in total. The average Bonchev–Trinajstić information content (AvgIpc) is 2.36. The first-order valence-electron chi connectivity index (χ1n) is 6.54. The molecule has 0 saturated heterocycles. The fraction of sp³-hybridized carbons (Fsp3) is 0.400. The minimum Gasteiger partial charge on any atom is -0.486 e. The number of ether oxygens (including phenoxy) is 1. The van der Waals surface area contributed by atoms with Gasteiger partial charge in [-0.2, -0.15) is 0 Å². The van der Waals surface area contributed by atoms with Crippen LogP contribution in [0.5, 0.6) is 5.75 Å². The summed E-state index contributed by atoms with van der Waals surface area (Å²) in [4.78, 5) is 33.9. The van der Waals surface area contributed by atoms with Crippen LogP contribution in [0.15, 0.2) is 18.2 Å². The maximum Gasteiger partial charge on any atom is 0.313 e. The minimum atomic E-state index is -1.07. The summed E-state index contributed by atoms with van der Waals surface area (Å²) in [6.45, 7) is 4.74. The first-order chi connectivity index (χ1) is 9.77. The second-order valence-corrected chi connectivity index (χ2v) is 5.59. The zero-order valence-corrected chi connectivity index (χ0v) is 12.0. The highest BCUT2D eigenvalue weighted by Gasteiger charge is 2.48. The SMILES string of the molecule is CC(=O)c1ccc2c(c1)C(NC=O)C(C(=O)O)C(C)(C)O2. The lowest BCUT2D eigenvalue weighted by atomic mass is 9.78. The van der Waals surface area contributed by atoms with E-state index in [4.69, 9.17) is 4.74 Å². The summed E-state index contributed by atoms with van der Waals surface area (Å²) < 4.78 is 5.76. The van der Waals surface area contributed by atoms with Gasteiger partial charge in [-0.25, -0.2) is 0 Å². The van der Waals surface area contributed by atoms with Crippen LogP contribution in [0.3, 0.4) is 0 Å². The molecule has 0 aromatic heterocycles. The van der Waals surface area contributed by atoms with E-state index in [1.165, 1.54) is 6.92 Å². The summed E-state index contributed by atoms with van der Waals surface area (Å²) in [6.07, 6.45) is 0.465. The van der Waals surface area contributed by atoms with E-state index in [-0.39, 0.29) is 5.78 Å². The lowest BCUT2D eigenvalue weighted by molar-refractivity contribution is -0.152. The highest BCUT2D eigenvalue weighted by Crippen LogP contribution is 2.44. The molecule has 0 aliphatic carbocycles. The number of benzene rings is 1. The molecular weight excluding hydrogens is 274 g/mol. The quantitative estimate of drug-likeness (QED) is 0.648. The van der Waals surface area contributed by atoms with Gasteiger partial charge in [0, 0.05) is 11.1 Å². The molecule has 6 nitrogen and oxygen atoms in total. The minimum absolute atomic E-state index is 0.139. The Labute approximate surface area is 122 Å². The highest BCUT2D eigenvalue weighted by atomic mass is 16.5. The van der Waals surface area contributed by atoms with E-state index in [1.54, 1.807) is 32.0 Å². The van der Waals surface area contributed by atoms with Gasteiger partial charge < -0.3 is 15.2 Å². The predicted octanol–water partition coefficient (Wildman–Crippen LogP) is 1.55. The number of nitrogens with one attached hydrogen (secondary N) is 1. The Morgan fingerprint density at radius 3 is 2.57 bits per heavy atom. The molecule has 21 heavy (non-hydrogen) atoms. The molecule has 6 heteroatoms. The number of hydrogen-bond donors (Lipinski definition) is 2. The van der Waals surface area contributed by atoms with Crippen molar-refractivity contribution in [2.45, 2.75) is 32.4 Å². The molecular formula is C15H17NO5. The van der Waals surface area contributed by atoms with Crippen molar-refractivity contribution < 1.29 is 24.2 Å². The first kappa shape index (κ1) is 15.0. The number of carbonyl (C=O) groups is 3. The third-order valence-corrected chi connectivity index (χ3v) is 3.72. The summed E-state index contributed by atoms with van der Waals surface area (Å²) in [5, 5.41) is 12.0. The van der Waals surface area contributed by atoms with Crippen molar-refractivity contribution >= 4 is 18.2 Å². The Morgan fingerprint density at radius 2 is 2.05 bits per heavy atom. The van der Waals surface area contributed by atoms with Crippen LogP contribution in [-0.4, -0.2) is 28.9 Å². The van der Waals surface area contributed by atoms with E-state index in [1.807, 2.05) is 0 Å². The molecule has 1 aromatic carbocycles. The van der Waals surface area contributed by atoms with Gasteiger partial charge in [0.25, 0.3) is 0 Å². The van der Waals surface area contributed by atoms with Gasteiger partial charge in [0.15, 0.2) is 5.78 Å². The summed E-state index contributed by atoms with van der Waals surface area (Å²) in [6, 6.07) is 4.07. The maximum atomic E-state index is 11.6. The van der Waals surface area contributed by atoms with Gasteiger partial charge in [0.05, 0.1) is 6.04 Å². The lowest BCUT2D eigenvalue weighted by Crippen LogP contribution is -2.52. The van der Waals surface area contributed by atoms with Gasteiger partial charge in [-0.3, -0.25) is 14.4 Å². The van der Waals surface area contributed by atoms with E-state index in [0.29, 0.717) is 23.3 Å². The number of amides is 1. The van der Waals surface area contributed by atoms with Crippen LogP contribution in [0, 0.1) is 5.92 Å². The maximum absolute atomic E-state index is 11.6.